The van der Waals surface area contributed by atoms with Crippen LogP contribution in [0.2, 0.25) is 0 Å². The smallest absolute Gasteiger partial charge is 0.0477 e. The summed E-state index contributed by atoms with van der Waals surface area (Å²) in [6, 6.07) is 0. The fraction of sp³-hybridized carbons (Fsp3) is 1.00. The molecule has 0 fully saturated rings. The van der Waals surface area contributed by atoms with Gasteiger partial charge in [-0.2, -0.15) is 0 Å². The van der Waals surface area contributed by atoms with Gasteiger partial charge in [0, 0.05) is 13.2 Å². The first-order valence-corrected chi connectivity index (χ1v) is 6.70. The van der Waals surface area contributed by atoms with E-state index in [1.54, 1.807) is 0 Å². The van der Waals surface area contributed by atoms with Gasteiger partial charge >= 0.3 is 0 Å². The Kier molecular flexibility index (Phi) is 13.8. The molecule has 0 atom stereocenters. The third-order valence-electron chi connectivity index (χ3n) is 2.55. The van der Waals surface area contributed by atoms with Crippen molar-refractivity contribution in [2.24, 2.45) is 0 Å². The van der Waals surface area contributed by atoms with Gasteiger partial charge in [-0.25, -0.2) is 0 Å². The quantitative estimate of drug-likeness (QED) is 0.504. The van der Waals surface area contributed by atoms with Gasteiger partial charge in [0.25, 0.3) is 0 Å². The molecule has 0 bridgehead atoms. The number of hydrogen-bond acceptors (Lipinski definition) is 2. The lowest BCUT2D eigenvalue weighted by molar-refractivity contribution is 0.145. The summed E-state index contributed by atoms with van der Waals surface area (Å²) in [4.78, 5) is 0. The van der Waals surface area contributed by atoms with Crippen LogP contribution in [0.3, 0.4) is 0 Å². The van der Waals surface area contributed by atoms with Crippen molar-refractivity contribution in [2.75, 3.05) is 26.3 Å². The second-order valence-corrected chi connectivity index (χ2v) is 4.07. The zero-order valence-corrected chi connectivity index (χ0v) is 10.7. The highest BCUT2D eigenvalue weighted by atomic mass is 16.5. The van der Waals surface area contributed by atoms with Gasteiger partial charge in [-0.1, -0.05) is 39.0 Å². The van der Waals surface area contributed by atoms with Crippen LogP contribution >= 0.6 is 0 Å². The highest BCUT2D eigenvalue weighted by molar-refractivity contribution is 4.49. The largest absolute Gasteiger partial charge is 0.382 e. The van der Waals surface area contributed by atoms with Crippen LogP contribution in [0.15, 0.2) is 0 Å². The molecule has 0 aromatic rings. The summed E-state index contributed by atoms with van der Waals surface area (Å²) in [6.07, 6.45) is 9.44. The van der Waals surface area contributed by atoms with Crippen molar-refractivity contribution >= 4 is 0 Å². The van der Waals surface area contributed by atoms with Crippen molar-refractivity contribution < 1.29 is 4.74 Å². The minimum Gasteiger partial charge on any atom is -0.382 e. The number of nitrogens with one attached hydrogen (secondary N) is 1. The Morgan fingerprint density at radius 1 is 0.800 bits per heavy atom. The van der Waals surface area contributed by atoms with E-state index in [1.165, 1.54) is 45.1 Å². The van der Waals surface area contributed by atoms with Gasteiger partial charge in [0.15, 0.2) is 0 Å². The van der Waals surface area contributed by atoms with Crippen LogP contribution in [0, 0.1) is 0 Å². The second kappa shape index (κ2) is 13.9. The van der Waals surface area contributed by atoms with Crippen LogP contribution in [-0.2, 0) is 4.74 Å². The molecule has 0 amide bonds. The topological polar surface area (TPSA) is 21.3 Å². The van der Waals surface area contributed by atoms with E-state index in [-0.39, 0.29) is 0 Å². The third-order valence-corrected chi connectivity index (χ3v) is 2.55. The van der Waals surface area contributed by atoms with E-state index in [4.69, 9.17) is 4.74 Å². The van der Waals surface area contributed by atoms with Gasteiger partial charge in [0.05, 0.1) is 0 Å². The fourth-order valence-corrected chi connectivity index (χ4v) is 1.60. The zero-order valence-electron chi connectivity index (χ0n) is 10.7. The van der Waals surface area contributed by atoms with Crippen molar-refractivity contribution in [2.45, 2.75) is 58.8 Å². The van der Waals surface area contributed by atoms with Crippen molar-refractivity contribution in [3.8, 4) is 0 Å². The predicted molar refractivity (Wildman–Crippen MR) is 67.4 cm³/mol. The molecule has 0 radical (unpaired) electrons. The maximum Gasteiger partial charge on any atom is 0.0477 e. The molecule has 1 N–H and O–H groups in total. The summed E-state index contributed by atoms with van der Waals surface area (Å²) in [7, 11) is 0. The molecule has 0 saturated carbocycles. The van der Waals surface area contributed by atoms with Gasteiger partial charge in [-0.05, 0) is 32.9 Å². The predicted octanol–water partition coefficient (Wildman–Crippen LogP) is 3.36. The lowest BCUT2D eigenvalue weighted by Gasteiger charge is -2.04. The fourth-order valence-electron chi connectivity index (χ4n) is 1.60. The van der Waals surface area contributed by atoms with E-state index in [1.807, 2.05) is 6.92 Å². The van der Waals surface area contributed by atoms with Crippen LogP contribution in [0.25, 0.3) is 0 Å². The minimum absolute atomic E-state index is 0.845. The summed E-state index contributed by atoms with van der Waals surface area (Å²) in [5.74, 6) is 0. The number of hydrogen-bond donors (Lipinski definition) is 1. The molecule has 92 valence electrons. The van der Waals surface area contributed by atoms with Crippen LogP contribution < -0.4 is 5.32 Å². The van der Waals surface area contributed by atoms with E-state index < -0.39 is 0 Å². The molecular weight excluding hydrogens is 186 g/mol. The lowest BCUT2D eigenvalue weighted by atomic mass is 10.1. The average Bonchev–Trinajstić information content (AvgIpc) is 2.26. The van der Waals surface area contributed by atoms with Crippen molar-refractivity contribution in [3.05, 3.63) is 0 Å². The minimum atomic E-state index is 0.845. The average molecular weight is 215 g/mol. The second-order valence-electron chi connectivity index (χ2n) is 4.07. The molecule has 0 aliphatic heterocycles. The van der Waals surface area contributed by atoms with Crippen molar-refractivity contribution in [3.63, 3.8) is 0 Å². The number of unbranched alkanes of at least 4 members (excludes halogenated alkanes) is 5. The van der Waals surface area contributed by atoms with E-state index in [2.05, 4.69) is 12.2 Å². The standard InChI is InChI=1S/C13H29NO/c1-3-5-6-7-8-9-11-14-12-10-13-15-4-2/h14H,3-13H2,1-2H3. The molecule has 2 heteroatoms. The van der Waals surface area contributed by atoms with Crippen LogP contribution in [0.5, 0.6) is 0 Å². The Bertz CT molecular complexity index is 94.7. The number of rotatable bonds is 12. The maximum absolute atomic E-state index is 5.27. The van der Waals surface area contributed by atoms with E-state index in [0.29, 0.717) is 0 Å². The molecule has 0 aliphatic rings. The van der Waals surface area contributed by atoms with Gasteiger partial charge in [0.1, 0.15) is 0 Å². The van der Waals surface area contributed by atoms with Crippen molar-refractivity contribution in [1.82, 2.24) is 5.32 Å². The first-order chi connectivity index (χ1) is 7.41. The summed E-state index contributed by atoms with van der Waals surface area (Å²) < 4.78 is 5.27. The Morgan fingerprint density at radius 3 is 2.20 bits per heavy atom. The highest BCUT2D eigenvalue weighted by Gasteiger charge is 1.90. The Labute approximate surface area is 95.8 Å². The molecular formula is C13H29NO. The molecule has 0 unspecified atom stereocenters. The van der Waals surface area contributed by atoms with Crippen LogP contribution in [-0.4, -0.2) is 26.3 Å². The zero-order chi connectivity index (χ0) is 11.2. The van der Waals surface area contributed by atoms with E-state index in [9.17, 15) is 0 Å². The third kappa shape index (κ3) is 13.9. The van der Waals surface area contributed by atoms with Gasteiger partial charge in [-0.3, -0.25) is 0 Å². The maximum atomic E-state index is 5.27. The van der Waals surface area contributed by atoms with Crippen molar-refractivity contribution in [1.29, 1.82) is 0 Å². The molecule has 2 nitrogen and oxygen atoms in total. The summed E-state index contributed by atoms with van der Waals surface area (Å²) in [6.45, 7) is 8.34. The normalized spacial score (nSPS) is 10.8. The van der Waals surface area contributed by atoms with Crippen LogP contribution in [0.4, 0.5) is 0 Å². The summed E-state index contributed by atoms with van der Waals surface area (Å²) >= 11 is 0. The summed E-state index contributed by atoms with van der Waals surface area (Å²) in [5, 5.41) is 3.46. The Balaban J connectivity index is 2.81. The SMILES string of the molecule is CCCCCCCCNCCCOCC. The molecule has 15 heavy (non-hydrogen) atoms. The number of ether oxygens (including phenoxy) is 1. The Hall–Kier alpha value is -0.0800. The van der Waals surface area contributed by atoms with Crippen LogP contribution in [0.1, 0.15) is 58.8 Å². The molecule has 0 aromatic carbocycles. The highest BCUT2D eigenvalue weighted by Crippen LogP contribution is 2.03. The first kappa shape index (κ1) is 14.9. The Morgan fingerprint density at radius 2 is 1.47 bits per heavy atom. The first-order valence-electron chi connectivity index (χ1n) is 6.70. The molecule has 0 spiro atoms. The molecule has 0 saturated heterocycles. The molecule has 0 rings (SSSR count). The molecule has 0 aromatic heterocycles. The van der Waals surface area contributed by atoms with Gasteiger partial charge in [0.2, 0.25) is 0 Å². The van der Waals surface area contributed by atoms with E-state index in [0.717, 1.165) is 26.2 Å². The lowest BCUT2D eigenvalue weighted by Crippen LogP contribution is -2.18. The molecule has 0 heterocycles. The van der Waals surface area contributed by atoms with Gasteiger partial charge < -0.3 is 10.1 Å². The van der Waals surface area contributed by atoms with Gasteiger partial charge in [-0.15, -0.1) is 0 Å². The summed E-state index contributed by atoms with van der Waals surface area (Å²) in [5.41, 5.74) is 0. The monoisotopic (exact) mass is 215 g/mol. The van der Waals surface area contributed by atoms with E-state index >= 15 is 0 Å². The molecule has 0 aliphatic carbocycles.